The van der Waals surface area contributed by atoms with Crippen molar-refractivity contribution in [2.75, 3.05) is 19.6 Å². The van der Waals surface area contributed by atoms with Crippen LogP contribution in [0.4, 0.5) is 4.79 Å². The minimum absolute atomic E-state index is 0.132. The minimum atomic E-state index is -0.212. The van der Waals surface area contributed by atoms with Crippen LogP contribution in [0.3, 0.4) is 0 Å². The van der Waals surface area contributed by atoms with E-state index in [1.807, 2.05) is 19.9 Å². The Morgan fingerprint density at radius 3 is 2.79 bits per heavy atom. The molecule has 0 saturated carbocycles. The molecule has 1 aromatic rings. The van der Waals surface area contributed by atoms with Crippen molar-refractivity contribution in [2.24, 2.45) is 5.92 Å². The standard InChI is InChI=1S/C18H30N4O2/c1-12(2)22-7-5-6-15(11-22)9-19-18(24)20-10-16-13(3)8-14(4)21-17(16)23/h8,12,15H,5-7,9-11H2,1-4H3,(H,21,23)(H2,19,20,24)/t15-/m1/s1. The van der Waals surface area contributed by atoms with E-state index in [2.05, 4.69) is 34.4 Å². The molecule has 1 saturated heterocycles. The molecule has 2 heterocycles. The van der Waals surface area contributed by atoms with E-state index in [0.29, 0.717) is 24.1 Å². The highest BCUT2D eigenvalue weighted by Crippen LogP contribution is 2.17. The molecule has 6 heteroatoms. The summed E-state index contributed by atoms with van der Waals surface area (Å²) in [6.45, 7) is 11.3. The van der Waals surface area contributed by atoms with Gasteiger partial charge in [0, 0.05) is 30.4 Å². The first-order valence-electron chi connectivity index (χ1n) is 8.82. The summed E-state index contributed by atoms with van der Waals surface area (Å²) in [5.74, 6) is 0.497. The number of nitrogens with one attached hydrogen (secondary N) is 3. The smallest absolute Gasteiger partial charge is 0.315 e. The topological polar surface area (TPSA) is 77.2 Å². The zero-order valence-corrected chi connectivity index (χ0v) is 15.2. The highest BCUT2D eigenvalue weighted by molar-refractivity contribution is 5.73. The Hall–Kier alpha value is -1.82. The van der Waals surface area contributed by atoms with Crippen LogP contribution in [0.5, 0.6) is 0 Å². The number of nitrogens with zero attached hydrogens (tertiary/aromatic N) is 1. The molecule has 3 N–H and O–H groups in total. The van der Waals surface area contributed by atoms with E-state index in [0.717, 1.165) is 30.8 Å². The van der Waals surface area contributed by atoms with Gasteiger partial charge in [0.1, 0.15) is 0 Å². The lowest BCUT2D eigenvalue weighted by atomic mass is 9.97. The number of aromatic amines is 1. The molecular formula is C18H30N4O2. The van der Waals surface area contributed by atoms with Crippen LogP contribution < -0.4 is 16.2 Å². The number of amides is 2. The second kappa shape index (κ2) is 8.33. The number of H-pyrrole nitrogens is 1. The maximum absolute atomic E-state index is 12.0. The van der Waals surface area contributed by atoms with Crippen molar-refractivity contribution in [3.8, 4) is 0 Å². The molecule has 0 aromatic carbocycles. The summed E-state index contributed by atoms with van der Waals surface area (Å²) in [4.78, 5) is 29.2. The molecule has 6 nitrogen and oxygen atoms in total. The molecule has 1 atom stereocenters. The fourth-order valence-corrected chi connectivity index (χ4v) is 3.30. The fourth-order valence-electron chi connectivity index (χ4n) is 3.30. The lowest BCUT2D eigenvalue weighted by Gasteiger charge is -2.35. The van der Waals surface area contributed by atoms with Gasteiger partial charge in [-0.3, -0.25) is 4.79 Å². The number of hydrogen-bond acceptors (Lipinski definition) is 3. The molecule has 2 rings (SSSR count). The first kappa shape index (κ1) is 18.5. The fraction of sp³-hybridized carbons (Fsp3) is 0.667. The van der Waals surface area contributed by atoms with Gasteiger partial charge in [0.15, 0.2) is 0 Å². The van der Waals surface area contributed by atoms with E-state index >= 15 is 0 Å². The van der Waals surface area contributed by atoms with Gasteiger partial charge in [-0.25, -0.2) is 4.79 Å². The summed E-state index contributed by atoms with van der Waals surface area (Å²) in [7, 11) is 0. The summed E-state index contributed by atoms with van der Waals surface area (Å²) in [5, 5.41) is 5.73. The lowest BCUT2D eigenvalue weighted by molar-refractivity contribution is 0.139. The SMILES string of the molecule is Cc1cc(C)c(CNC(=O)NC[C@H]2CCCN(C(C)C)C2)c(=O)[nH]1. The molecule has 134 valence electrons. The summed E-state index contributed by atoms with van der Waals surface area (Å²) in [5.41, 5.74) is 2.21. The van der Waals surface area contributed by atoms with Crippen LogP contribution in [0.2, 0.25) is 0 Å². The van der Waals surface area contributed by atoms with Gasteiger partial charge in [-0.2, -0.15) is 0 Å². The van der Waals surface area contributed by atoms with Gasteiger partial charge in [0.05, 0.1) is 6.54 Å². The quantitative estimate of drug-likeness (QED) is 0.770. The van der Waals surface area contributed by atoms with Gasteiger partial charge in [0.25, 0.3) is 5.56 Å². The molecule has 1 aromatic heterocycles. The van der Waals surface area contributed by atoms with Crippen LogP contribution in [0.25, 0.3) is 0 Å². The number of hydrogen-bond donors (Lipinski definition) is 3. The number of piperidine rings is 1. The van der Waals surface area contributed by atoms with Crippen molar-refractivity contribution in [3.63, 3.8) is 0 Å². The highest BCUT2D eigenvalue weighted by atomic mass is 16.2. The highest BCUT2D eigenvalue weighted by Gasteiger charge is 2.21. The average Bonchev–Trinajstić information content (AvgIpc) is 2.52. The number of urea groups is 1. The van der Waals surface area contributed by atoms with Crippen LogP contribution >= 0.6 is 0 Å². The van der Waals surface area contributed by atoms with E-state index in [1.54, 1.807) is 0 Å². The van der Waals surface area contributed by atoms with Crippen molar-refractivity contribution < 1.29 is 4.79 Å². The van der Waals surface area contributed by atoms with Gasteiger partial charge in [0.2, 0.25) is 0 Å². The van der Waals surface area contributed by atoms with Gasteiger partial charge in [-0.05, 0) is 64.6 Å². The Morgan fingerprint density at radius 2 is 2.12 bits per heavy atom. The molecular weight excluding hydrogens is 304 g/mol. The summed E-state index contributed by atoms with van der Waals surface area (Å²) >= 11 is 0. The van der Waals surface area contributed by atoms with Crippen LogP contribution in [0, 0.1) is 19.8 Å². The molecule has 0 unspecified atom stereocenters. The first-order valence-corrected chi connectivity index (χ1v) is 8.82. The van der Waals surface area contributed by atoms with Gasteiger partial charge < -0.3 is 20.5 Å². The number of pyridine rings is 1. The van der Waals surface area contributed by atoms with Crippen molar-refractivity contribution >= 4 is 6.03 Å². The maximum atomic E-state index is 12.0. The predicted octanol–water partition coefficient (Wildman–Crippen LogP) is 1.91. The molecule has 0 bridgehead atoms. The number of aryl methyl sites for hydroxylation is 2. The molecule has 2 amide bonds. The molecule has 0 spiro atoms. The summed E-state index contributed by atoms with van der Waals surface area (Å²) in [6, 6.07) is 2.26. The van der Waals surface area contributed by atoms with Crippen LogP contribution in [0.1, 0.15) is 43.5 Å². The van der Waals surface area contributed by atoms with Gasteiger partial charge in [-0.1, -0.05) is 0 Å². The minimum Gasteiger partial charge on any atom is -0.338 e. The van der Waals surface area contributed by atoms with Crippen LogP contribution in [-0.2, 0) is 6.54 Å². The number of aromatic nitrogens is 1. The van der Waals surface area contributed by atoms with Crippen LogP contribution in [-0.4, -0.2) is 41.6 Å². The molecule has 24 heavy (non-hydrogen) atoms. The summed E-state index contributed by atoms with van der Waals surface area (Å²) < 4.78 is 0. The van der Waals surface area contributed by atoms with E-state index in [4.69, 9.17) is 0 Å². The van der Waals surface area contributed by atoms with Crippen LogP contribution in [0.15, 0.2) is 10.9 Å². The van der Waals surface area contributed by atoms with Gasteiger partial charge >= 0.3 is 6.03 Å². The second-order valence-electron chi connectivity index (χ2n) is 7.10. The van der Waals surface area contributed by atoms with Crippen molar-refractivity contribution in [1.82, 2.24) is 20.5 Å². The maximum Gasteiger partial charge on any atom is 0.315 e. The molecule has 0 radical (unpaired) electrons. The van der Waals surface area contributed by atoms with E-state index in [1.165, 1.54) is 6.42 Å². The van der Waals surface area contributed by atoms with E-state index in [9.17, 15) is 9.59 Å². The Balaban J connectivity index is 1.79. The normalized spacial score (nSPS) is 18.6. The number of rotatable bonds is 5. The predicted molar refractivity (Wildman–Crippen MR) is 96.2 cm³/mol. The van der Waals surface area contributed by atoms with Crippen molar-refractivity contribution in [1.29, 1.82) is 0 Å². The Morgan fingerprint density at radius 1 is 1.38 bits per heavy atom. The lowest BCUT2D eigenvalue weighted by Crippen LogP contribution is -2.45. The number of likely N-dealkylation sites (tertiary alicyclic amines) is 1. The van der Waals surface area contributed by atoms with Crippen molar-refractivity contribution in [2.45, 2.75) is 53.1 Å². The monoisotopic (exact) mass is 334 g/mol. The van der Waals surface area contributed by atoms with E-state index < -0.39 is 0 Å². The Labute approximate surface area is 144 Å². The number of carbonyl (C=O) groups is 1. The zero-order chi connectivity index (χ0) is 17.7. The molecule has 1 aliphatic rings. The summed E-state index contributed by atoms with van der Waals surface area (Å²) in [6.07, 6.45) is 2.34. The molecule has 1 aliphatic heterocycles. The molecule has 0 aliphatic carbocycles. The largest absolute Gasteiger partial charge is 0.338 e. The second-order valence-corrected chi connectivity index (χ2v) is 7.10. The third-order valence-electron chi connectivity index (χ3n) is 4.75. The average molecular weight is 334 g/mol. The van der Waals surface area contributed by atoms with Crippen molar-refractivity contribution in [3.05, 3.63) is 33.2 Å². The third kappa shape index (κ3) is 5.09. The molecule has 1 fully saturated rings. The Kier molecular flexibility index (Phi) is 6.43. The Bertz CT molecular complexity index is 624. The van der Waals surface area contributed by atoms with Gasteiger partial charge in [-0.15, -0.1) is 0 Å². The first-order chi connectivity index (χ1) is 11.4. The van der Waals surface area contributed by atoms with E-state index in [-0.39, 0.29) is 18.1 Å². The zero-order valence-electron chi connectivity index (χ0n) is 15.2. The third-order valence-corrected chi connectivity index (χ3v) is 4.75. The number of carbonyl (C=O) groups excluding carboxylic acids is 1.